The lowest BCUT2D eigenvalue weighted by Crippen LogP contribution is -2.29. The first-order valence-electron chi connectivity index (χ1n) is 7.76. The first-order chi connectivity index (χ1) is 9.64. The van der Waals surface area contributed by atoms with Gasteiger partial charge in [-0.15, -0.1) is 0 Å². The van der Waals surface area contributed by atoms with Crippen LogP contribution in [-0.4, -0.2) is 11.6 Å². The van der Waals surface area contributed by atoms with Gasteiger partial charge < -0.3 is 0 Å². The topological polar surface area (TPSA) is 34.1 Å². The molecule has 0 saturated carbocycles. The second-order valence-corrected chi connectivity index (χ2v) is 7.24. The minimum atomic E-state index is -0.367. The Labute approximate surface area is 128 Å². The Hall–Kier alpha value is -1.44. The monoisotopic (exact) mass is 288 g/mol. The van der Waals surface area contributed by atoms with E-state index in [9.17, 15) is 9.59 Å². The first kappa shape index (κ1) is 17.6. The maximum absolute atomic E-state index is 12.4. The summed E-state index contributed by atoms with van der Waals surface area (Å²) in [6.45, 7) is 11.6. The van der Waals surface area contributed by atoms with Crippen LogP contribution in [0.15, 0.2) is 30.3 Å². The molecule has 0 aliphatic heterocycles. The average Bonchev–Trinajstić information content (AvgIpc) is 2.42. The summed E-state index contributed by atoms with van der Waals surface area (Å²) in [7, 11) is 0. The number of hydrogen-bond acceptors (Lipinski definition) is 2. The Morgan fingerprint density at radius 1 is 1.00 bits per heavy atom. The molecular weight excluding hydrogens is 260 g/mol. The summed E-state index contributed by atoms with van der Waals surface area (Å²) >= 11 is 0. The molecule has 1 aromatic carbocycles. The van der Waals surface area contributed by atoms with Crippen LogP contribution in [0.2, 0.25) is 0 Å². The van der Waals surface area contributed by atoms with Crippen LogP contribution in [0.3, 0.4) is 0 Å². The SMILES string of the molecule is CC(C)C(=O)C(C)C(CC(=O)C(C)(C)C)c1ccccc1. The number of hydrogen-bond donors (Lipinski definition) is 0. The van der Waals surface area contributed by atoms with E-state index < -0.39 is 0 Å². The van der Waals surface area contributed by atoms with Crippen molar-refractivity contribution >= 4 is 11.6 Å². The lowest BCUT2D eigenvalue weighted by atomic mass is 9.75. The summed E-state index contributed by atoms with van der Waals surface area (Å²) in [5.74, 6) is 0.257. The molecule has 0 spiro atoms. The Morgan fingerprint density at radius 2 is 1.52 bits per heavy atom. The highest BCUT2D eigenvalue weighted by atomic mass is 16.1. The van der Waals surface area contributed by atoms with Gasteiger partial charge in [-0.2, -0.15) is 0 Å². The third-order valence-electron chi connectivity index (χ3n) is 4.09. The minimum Gasteiger partial charge on any atom is -0.299 e. The van der Waals surface area contributed by atoms with Gasteiger partial charge in [-0.25, -0.2) is 0 Å². The van der Waals surface area contributed by atoms with Crippen LogP contribution in [0.1, 0.15) is 59.4 Å². The predicted molar refractivity (Wildman–Crippen MR) is 87.3 cm³/mol. The van der Waals surface area contributed by atoms with Gasteiger partial charge in [0.15, 0.2) is 0 Å². The molecule has 116 valence electrons. The zero-order valence-corrected chi connectivity index (χ0v) is 14.1. The van der Waals surface area contributed by atoms with Crippen LogP contribution in [0.25, 0.3) is 0 Å². The molecular formula is C19H28O2. The fourth-order valence-electron chi connectivity index (χ4n) is 2.51. The van der Waals surface area contributed by atoms with Gasteiger partial charge >= 0.3 is 0 Å². The third-order valence-corrected chi connectivity index (χ3v) is 4.09. The van der Waals surface area contributed by atoms with Crippen LogP contribution >= 0.6 is 0 Å². The van der Waals surface area contributed by atoms with E-state index in [0.29, 0.717) is 6.42 Å². The summed E-state index contributed by atoms with van der Waals surface area (Å²) in [6.07, 6.45) is 0.424. The second kappa shape index (κ2) is 7.02. The van der Waals surface area contributed by atoms with Gasteiger partial charge in [0.25, 0.3) is 0 Å². The highest BCUT2D eigenvalue weighted by Crippen LogP contribution is 2.33. The molecule has 0 saturated heterocycles. The molecule has 2 atom stereocenters. The second-order valence-electron chi connectivity index (χ2n) is 7.24. The van der Waals surface area contributed by atoms with Gasteiger partial charge in [0, 0.05) is 29.6 Å². The van der Waals surface area contributed by atoms with Gasteiger partial charge in [-0.3, -0.25) is 9.59 Å². The van der Waals surface area contributed by atoms with E-state index in [1.54, 1.807) is 0 Å². The van der Waals surface area contributed by atoms with Crippen LogP contribution in [-0.2, 0) is 9.59 Å². The molecule has 0 aromatic heterocycles. The number of ketones is 2. The fourth-order valence-corrected chi connectivity index (χ4v) is 2.51. The molecule has 2 nitrogen and oxygen atoms in total. The van der Waals surface area contributed by atoms with Crippen molar-refractivity contribution in [3.63, 3.8) is 0 Å². The molecule has 0 aliphatic carbocycles. The molecule has 2 heteroatoms. The summed E-state index contributed by atoms with van der Waals surface area (Å²) in [5, 5.41) is 0. The number of Topliss-reactive ketones (excluding diaryl/α,β-unsaturated/α-hetero) is 2. The molecule has 0 amide bonds. The molecule has 2 unspecified atom stereocenters. The molecule has 0 radical (unpaired) electrons. The Morgan fingerprint density at radius 3 is 1.95 bits per heavy atom. The van der Waals surface area contributed by atoms with E-state index in [0.717, 1.165) is 5.56 Å². The van der Waals surface area contributed by atoms with E-state index in [1.807, 2.05) is 71.9 Å². The molecule has 1 rings (SSSR count). The van der Waals surface area contributed by atoms with Crippen LogP contribution in [0.5, 0.6) is 0 Å². The molecule has 0 N–H and O–H groups in total. The summed E-state index contributed by atoms with van der Waals surface area (Å²) in [5.41, 5.74) is 0.713. The Bertz CT molecular complexity index is 480. The lowest BCUT2D eigenvalue weighted by molar-refractivity contribution is -0.129. The van der Waals surface area contributed by atoms with Gasteiger partial charge in [0.1, 0.15) is 11.6 Å². The van der Waals surface area contributed by atoms with E-state index in [4.69, 9.17) is 0 Å². The largest absolute Gasteiger partial charge is 0.299 e. The highest BCUT2D eigenvalue weighted by molar-refractivity contribution is 5.87. The van der Waals surface area contributed by atoms with Crippen molar-refractivity contribution in [2.45, 2.75) is 53.9 Å². The minimum absolute atomic E-state index is 0.00375. The van der Waals surface area contributed by atoms with E-state index in [-0.39, 0.29) is 34.7 Å². The maximum atomic E-state index is 12.4. The van der Waals surface area contributed by atoms with E-state index in [1.165, 1.54) is 0 Å². The zero-order chi connectivity index (χ0) is 16.2. The van der Waals surface area contributed by atoms with Gasteiger partial charge in [-0.1, -0.05) is 71.9 Å². The van der Waals surface area contributed by atoms with Crippen LogP contribution in [0, 0.1) is 17.3 Å². The fraction of sp³-hybridized carbons (Fsp3) is 0.579. The number of carbonyl (C=O) groups excluding carboxylic acids is 2. The molecule has 21 heavy (non-hydrogen) atoms. The number of benzene rings is 1. The van der Waals surface area contributed by atoms with E-state index >= 15 is 0 Å². The van der Waals surface area contributed by atoms with Crippen molar-refractivity contribution in [1.29, 1.82) is 0 Å². The predicted octanol–water partition coefficient (Wildman–Crippen LogP) is 4.64. The van der Waals surface area contributed by atoms with Crippen molar-refractivity contribution in [2.24, 2.45) is 17.3 Å². The quantitative estimate of drug-likeness (QED) is 0.764. The Balaban J connectivity index is 3.07. The number of rotatable bonds is 6. The standard InChI is InChI=1S/C19H28O2/c1-13(2)18(21)14(3)16(12-17(20)19(4,5)6)15-10-8-7-9-11-15/h7-11,13-14,16H,12H2,1-6H3. The average molecular weight is 288 g/mol. The molecule has 0 fully saturated rings. The van der Waals surface area contributed by atoms with Gasteiger partial charge in [-0.05, 0) is 5.56 Å². The molecule has 0 heterocycles. The third kappa shape index (κ3) is 4.80. The smallest absolute Gasteiger partial charge is 0.138 e. The summed E-state index contributed by atoms with van der Waals surface area (Å²) in [6, 6.07) is 9.93. The molecule has 0 aliphatic rings. The summed E-state index contributed by atoms with van der Waals surface area (Å²) < 4.78 is 0. The highest BCUT2D eigenvalue weighted by Gasteiger charge is 2.32. The maximum Gasteiger partial charge on any atom is 0.138 e. The van der Waals surface area contributed by atoms with Gasteiger partial charge in [0.05, 0.1) is 0 Å². The van der Waals surface area contributed by atoms with Crippen LogP contribution < -0.4 is 0 Å². The van der Waals surface area contributed by atoms with Crippen molar-refractivity contribution in [2.75, 3.05) is 0 Å². The zero-order valence-electron chi connectivity index (χ0n) is 14.1. The van der Waals surface area contributed by atoms with Crippen molar-refractivity contribution < 1.29 is 9.59 Å². The first-order valence-corrected chi connectivity index (χ1v) is 7.76. The number of carbonyl (C=O) groups is 2. The van der Waals surface area contributed by atoms with Crippen molar-refractivity contribution in [3.05, 3.63) is 35.9 Å². The van der Waals surface area contributed by atoms with Crippen molar-refractivity contribution in [1.82, 2.24) is 0 Å². The lowest BCUT2D eigenvalue weighted by Gasteiger charge is -2.27. The van der Waals surface area contributed by atoms with Crippen molar-refractivity contribution in [3.8, 4) is 0 Å². The van der Waals surface area contributed by atoms with E-state index in [2.05, 4.69) is 0 Å². The summed E-state index contributed by atoms with van der Waals surface area (Å²) in [4.78, 5) is 24.8. The molecule has 0 bridgehead atoms. The molecule has 1 aromatic rings. The normalized spacial score (nSPS) is 14.8. The Kier molecular flexibility index (Phi) is 5.88. The van der Waals surface area contributed by atoms with Gasteiger partial charge in [0.2, 0.25) is 0 Å². The van der Waals surface area contributed by atoms with Crippen LogP contribution in [0.4, 0.5) is 0 Å².